The van der Waals surface area contributed by atoms with Crippen molar-refractivity contribution in [2.45, 2.75) is 0 Å². The number of nitrogens with zero attached hydrogens (tertiary/aromatic N) is 4. The predicted octanol–water partition coefficient (Wildman–Crippen LogP) is 8.12. The first-order chi connectivity index (χ1) is 24.7. The average Bonchev–Trinajstić information content (AvgIpc) is 3.52. The maximum absolute atomic E-state index is 10.6. The molecule has 0 saturated carbocycles. The molecule has 0 fully saturated rings. The Morgan fingerprint density at radius 1 is 0.500 bits per heavy atom. The van der Waals surface area contributed by atoms with E-state index in [9.17, 15) is 10.5 Å². The number of nitriles is 2. The van der Waals surface area contributed by atoms with Crippen LogP contribution in [-0.4, -0.2) is 12.6 Å². The fraction of sp³-hybridized carbons (Fsp3) is 0. The van der Waals surface area contributed by atoms with Gasteiger partial charge in [0.25, 0.3) is 0 Å². The molecule has 5 heteroatoms. The van der Waals surface area contributed by atoms with Gasteiger partial charge in [0.2, 0.25) is 0 Å². The summed E-state index contributed by atoms with van der Waals surface area (Å²) in [5.41, 5.74) is 5.92. The summed E-state index contributed by atoms with van der Waals surface area (Å²) in [5, 5.41) is 27.0. The first-order valence-corrected chi connectivity index (χ1v) is 18.3. The third-order valence-electron chi connectivity index (χ3n) is 9.59. The maximum Gasteiger partial charge on any atom is 0.196 e. The van der Waals surface area contributed by atoms with Gasteiger partial charge in [0.1, 0.15) is 0 Å². The van der Waals surface area contributed by atoms with Crippen molar-refractivity contribution in [3.63, 3.8) is 0 Å². The molecule has 8 aromatic rings. The van der Waals surface area contributed by atoms with Crippen LogP contribution in [0.5, 0.6) is 0 Å². The second-order valence-corrected chi connectivity index (χ2v) is 16.0. The largest absolute Gasteiger partial charge is 0.310 e. The highest BCUT2D eigenvalue weighted by Gasteiger charge is 2.42. The Balaban J connectivity index is 1.49. The first kappa shape index (κ1) is 30.4. The summed E-state index contributed by atoms with van der Waals surface area (Å²) in [5.74, 6) is 0. The Hall–Kier alpha value is -6.97. The zero-order valence-corrected chi connectivity index (χ0v) is 28.0. The lowest BCUT2D eigenvalue weighted by Crippen LogP contribution is -2.74. The van der Waals surface area contributed by atoms with E-state index in [-0.39, 0.29) is 0 Å². The normalized spacial score (nSPS) is 11.1. The Morgan fingerprint density at radius 3 is 1.68 bits per heavy atom. The van der Waals surface area contributed by atoms with E-state index >= 15 is 0 Å². The number of hydrogen-bond donors (Lipinski definition) is 0. The lowest BCUT2D eigenvalue weighted by molar-refractivity contribution is 1.18. The smallest absolute Gasteiger partial charge is 0.196 e. The van der Waals surface area contributed by atoms with Gasteiger partial charge in [0, 0.05) is 22.0 Å². The third kappa shape index (κ3) is 4.80. The zero-order valence-electron chi connectivity index (χ0n) is 27.0. The Bertz CT molecular complexity index is 2580. The maximum atomic E-state index is 10.6. The summed E-state index contributed by atoms with van der Waals surface area (Å²) in [7, 11) is -2.99. The van der Waals surface area contributed by atoms with E-state index in [0.717, 1.165) is 43.8 Å². The zero-order chi connectivity index (χ0) is 34.1. The third-order valence-corrected chi connectivity index (χ3v) is 14.3. The Labute approximate surface area is 291 Å². The molecule has 0 radical (unpaired) electrons. The van der Waals surface area contributed by atoms with Crippen LogP contribution >= 0.6 is 0 Å². The van der Waals surface area contributed by atoms with Gasteiger partial charge >= 0.3 is 0 Å². The van der Waals surface area contributed by atoms with Crippen LogP contribution in [0.1, 0.15) is 11.1 Å². The van der Waals surface area contributed by atoms with Crippen LogP contribution in [0, 0.1) is 29.2 Å². The average molecular weight is 653 g/mol. The molecule has 0 atom stereocenters. The van der Waals surface area contributed by atoms with E-state index in [1.807, 2.05) is 78.9 Å². The summed E-state index contributed by atoms with van der Waals surface area (Å²) in [6.45, 7) is 8.34. The quantitative estimate of drug-likeness (QED) is 0.104. The Morgan fingerprint density at radius 2 is 1.08 bits per heavy atom. The fourth-order valence-electron chi connectivity index (χ4n) is 7.52. The van der Waals surface area contributed by atoms with Crippen molar-refractivity contribution in [3.05, 3.63) is 192 Å². The summed E-state index contributed by atoms with van der Waals surface area (Å²) in [6, 6.07) is 62.5. The van der Waals surface area contributed by atoms with Gasteiger partial charge in [-0.25, -0.2) is 4.85 Å². The van der Waals surface area contributed by atoms with Crippen molar-refractivity contribution < 1.29 is 0 Å². The first-order valence-electron chi connectivity index (χ1n) is 16.3. The molecular weight excluding hydrogens is 625 g/mol. The number of fused-ring (bicyclic) bond motifs is 3. The van der Waals surface area contributed by atoms with Gasteiger partial charge in [-0.15, -0.1) is 0 Å². The van der Waals surface area contributed by atoms with E-state index in [1.165, 1.54) is 15.6 Å². The fourth-order valence-corrected chi connectivity index (χ4v) is 12.3. The molecule has 0 N–H and O–H groups in total. The molecule has 0 saturated heterocycles. The van der Waals surface area contributed by atoms with Gasteiger partial charge < -0.3 is 4.57 Å². The monoisotopic (exact) mass is 652 g/mol. The van der Waals surface area contributed by atoms with Crippen LogP contribution in [0.3, 0.4) is 0 Å². The van der Waals surface area contributed by atoms with Crippen molar-refractivity contribution in [1.82, 2.24) is 4.57 Å². The van der Waals surface area contributed by atoms with Crippen molar-refractivity contribution in [2.75, 3.05) is 0 Å². The molecule has 1 aromatic heterocycles. The molecule has 232 valence electrons. The Kier molecular flexibility index (Phi) is 7.63. The number of para-hydroxylation sites is 1. The van der Waals surface area contributed by atoms with Crippen molar-refractivity contribution in [1.29, 1.82) is 10.5 Å². The molecule has 0 unspecified atom stereocenters. The van der Waals surface area contributed by atoms with Crippen molar-refractivity contribution in [3.8, 4) is 29.0 Å². The summed E-state index contributed by atoms with van der Waals surface area (Å²) in [6.07, 6.45) is 0. The molecule has 4 nitrogen and oxygen atoms in total. The number of hydrogen-bond acceptors (Lipinski definition) is 2. The minimum Gasteiger partial charge on any atom is -0.310 e. The second-order valence-electron chi connectivity index (χ2n) is 12.2. The SMILES string of the molecule is [C-]#[N+]c1cccc(-n2c3ccccc3c3cc(C#N)ccc32)c1-c1cc(C#N)cc([Si](c2ccccc2)(c2ccccc2)c2ccccc2)c1. The topological polar surface area (TPSA) is 56.9 Å². The number of rotatable bonds is 6. The highest BCUT2D eigenvalue weighted by Crippen LogP contribution is 2.41. The van der Waals surface area contributed by atoms with Crippen LogP contribution in [0.4, 0.5) is 5.69 Å². The molecular formula is C45H28N4Si. The van der Waals surface area contributed by atoms with Gasteiger partial charge in [-0.3, -0.25) is 0 Å². The lowest BCUT2D eigenvalue weighted by atomic mass is 9.99. The van der Waals surface area contributed by atoms with Crippen LogP contribution < -0.4 is 20.7 Å². The summed E-state index contributed by atoms with van der Waals surface area (Å²) < 4.78 is 2.19. The molecule has 0 amide bonds. The highest BCUT2D eigenvalue weighted by atomic mass is 28.3. The minimum absolute atomic E-state index is 0.495. The lowest BCUT2D eigenvalue weighted by Gasteiger charge is -2.35. The van der Waals surface area contributed by atoms with Crippen molar-refractivity contribution in [2.24, 2.45) is 0 Å². The summed E-state index contributed by atoms with van der Waals surface area (Å²) >= 11 is 0. The van der Waals surface area contributed by atoms with E-state index in [2.05, 4.69) is 113 Å². The van der Waals surface area contributed by atoms with E-state index in [4.69, 9.17) is 6.57 Å². The minimum atomic E-state index is -2.99. The molecule has 0 bridgehead atoms. The highest BCUT2D eigenvalue weighted by molar-refractivity contribution is 7.19. The number of benzene rings is 7. The van der Waals surface area contributed by atoms with Gasteiger partial charge in [-0.2, -0.15) is 10.5 Å². The molecule has 1 heterocycles. The van der Waals surface area contributed by atoms with Crippen LogP contribution in [0.15, 0.2) is 170 Å². The van der Waals surface area contributed by atoms with E-state index in [0.29, 0.717) is 16.8 Å². The molecule has 0 aliphatic rings. The molecule has 0 spiro atoms. The molecule has 50 heavy (non-hydrogen) atoms. The standard InChI is InChI=1S/C45H28N4Si/c1-48-41-21-13-23-44(49-42-22-12-11-20-39(42)40-28-32(30-46)24-25-43(40)49)45(41)34-26-33(31-47)27-38(29-34)50(35-14-5-2-6-15-35,36-16-7-3-8-17-36)37-18-9-4-10-19-37/h2-29H. The van der Waals surface area contributed by atoms with E-state index in [1.54, 1.807) is 0 Å². The van der Waals surface area contributed by atoms with Crippen LogP contribution in [0.25, 0.3) is 43.5 Å². The van der Waals surface area contributed by atoms with Crippen molar-refractivity contribution >= 4 is 56.3 Å². The number of aromatic nitrogens is 1. The predicted molar refractivity (Wildman–Crippen MR) is 206 cm³/mol. The van der Waals surface area contributed by atoms with Gasteiger partial charge in [-0.05, 0) is 68.8 Å². The van der Waals surface area contributed by atoms with Crippen LogP contribution in [0.2, 0.25) is 0 Å². The van der Waals surface area contributed by atoms with Gasteiger partial charge in [0.05, 0.1) is 40.9 Å². The summed E-state index contributed by atoms with van der Waals surface area (Å²) in [4.78, 5) is 4.05. The van der Waals surface area contributed by atoms with Gasteiger partial charge in [0.15, 0.2) is 13.8 Å². The van der Waals surface area contributed by atoms with Gasteiger partial charge in [-0.1, -0.05) is 127 Å². The second kappa shape index (κ2) is 12.6. The molecule has 0 aliphatic heterocycles. The molecule has 8 rings (SSSR count). The van der Waals surface area contributed by atoms with E-state index < -0.39 is 8.07 Å². The molecule has 0 aliphatic carbocycles. The van der Waals surface area contributed by atoms with Crippen LogP contribution in [-0.2, 0) is 0 Å². The molecule has 7 aromatic carbocycles.